The average molecular weight is 245 g/mol. The first-order chi connectivity index (χ1) is 8.70. The summed E-state index contributed by atoms with van der Waals surface area (Å²) in [6, 6.07) is 5.00. The number of hydrogen-bond donors (Lipinski definition) is 1. The van der Waals surface area contributed by atoms with Crippen molar-refractivity contribution in [3.05, 3.63) is 28.8 Å². The Morgan fingerprint density at radius 2 is 2.17 bits per heavy atom. The van der Waals surface area contributed by atoms with E-state index in [0.717, 1.165) is 18.2 Å². The second kappa shape index (κ2) is 4.58. The van der Waals surface area contributed by atoms with Crippen LogP contribution < -0.4 is 10.1 Å². The maximum atomic E-state index is 5.48. The summed E-state index contributed by atoms with van der Waals surface area (Å²) >= 11 is 0. The van der Waals surface area contributed by atoms with Crippen LogP contribution in [0.15, 0.2) is 12.1 Å². The van der Waals surface area contributed by atoms with E-state index in [1.54, 1.807) is 12.7 Å². The quantitative estimate of drug-likeness (QED) is 0.862. The number of nitrogens with one attached hydrogen (secondary N) is 1. The molecule has 2 nitrogen and oxygen atoms in total. The van der Waals surface area contributed by atoms with E-state index in [-0.39, 0.29) is 0 Å². The maximum Gasteiger partial charge on any atom is 0.119 e. The molecule has 0 radical (unpaired) electrons. The van der Waals surface area contributed by atoms with Gasteiger partial charge in [-0.3, -0.25) is 0 Å². The molecule has 98 valence electrons. The molecule has 0 saturated heterocycles. The van der Waals surface area contributed by atoms with Gasteiger partial charge in [-0.25, -0.2) is 0 Å². The minimum absolute atomic E-state index is 0.489. The fourth-order valence-electron chi connectivity index (χ4n) is 3.65. The minimum atomic E-state index is 0.489. The average Bonchev–Trinajstić information content (AvgIpc) is 2.38. The topological polar surface area (TPSA) is 21.3 Å². The van der Waals surface area contributed by atoms with Crippen LogP contribution in [0, 0.1) is 5.92 Å². The summed E-state index contributed by atoms with van der Waals surface area (Å²) in [5, 5.41) is 3.73. The zero-order valence-corrected chi connectivity index (χ0v) is 11.6. The van der Waals surface area contributed by atoms with E-state index in [4.69, 9.17) is 4.74 Å². The lowest BCUT2D eigenvalue weighted by molar-refractivity contribution is 0.347. The highest BCUT2D eigenvalue weighted by Gasteiger charge is 2.32. The molecule has 2 heteroatoms. The van der Waals surface area contributed by atoms with Crippen LogP contribution in [0.3, 0.4) is 0 Å². The Morgan fingerprint density at radius 1 is 1.33 bits per heavy atom. The van der Waals surface area contributed by atoms with E-state index in [0.29, 0.717) is 12.0 Å². The molecule has 1 aliphatic carbocycles. The first-order valence-corrected chi connectivity index (χ1v) is 7.14. The molecule has 3 rings (SSSR count). The van der Waals surface area contributed by atoms with Crippen molar-refractivity contribution in [2.24, 2.45) is 5.92 Å². The Balaban J connectivity index is 2.14. The van der Waals surface area contributed by atoms with Crippen LogP contribution in [0.1, 0.15) is 55.3 Å². The third-order valence-corrected chi connectivity index (χ3v) is 4.50. The minimum Gasteiger partial charge on any atom is -0.497 e. The fourth-order valence-corrected chi connectivity index (χ4v) is 3.65. The summed E-state index contributed by atoms with van der Waals surface area (Å²) in [5.41, 5.74) is 4.67. The molecule has 1 aliphatic heterocycles. The Hall–Kier alpha value is -1.02. The van der Waals surface area contributed by atoms with Crippen LogP contribution in [-0.4, -0.2) is 13.7 Å². The second-order valence-corrected chi connectivity index (χ2v) is 6.01. The lowest BCUT2D eigenvalue weighted by Gasteiger charge is -2.39. The molecule has 2 unspecified atom stereocenters. The highest BCUT2D eigenvalue weighted by Crippen LogP contribution is 2.43. The highest BCUT2D eigenvalue weighted by atomic mass is 16.5. The van der Waals surface area contributed by atoms with Gasteiger partial charge in [-0.15, -0.1) is 0 Å². The molecule has 0 spiro atoms. The van der Waals surface area contributed by atoms with Crippen molar-refractivity contribution in [3.63, 3.8) is 0 Å². The van der Waals surface area contributed by atoms with Gasteiger partial charge in [0.15, 0.2) is 0 Å². The Kier molecular flexibility index (Phi) is 3.06. The predicted molar refractivity (Wildman–Crippen MR) is 74.3 cm³/mol. The van der Waals surface area contributed by atoms with Gasteiger partial charge in [0, 0.05) is 12.6 Å². The first-order valence-electron chi connectivity index (χ1n) is 7.14. The van der Waals surface area contributed by atoms with Crippen LogP contribution in [0.25, 0.3) is 0 Å². The van der Waals surface area contributed by atoms with Gasteiger partial charge in [0.05, 0.1) is 7.11 Å². The summed E-state index contributed by atoms with van der Waals surface area (Å²) in [6.07, 6.45) is 3.88. The molecule has 1 aromatic rings. The largest absolute Gasteiger partial charge is 0.497 e. The van der Waals surface area contributed by atoms with Crippen molar-refractivity contribution in [1.29, 1.82) is 0 Å². The van der Waals surface area contributed by atoms with Crippen LogP contribution >= 0.6 is 0 Å². The lowest BCUT2D eigenvalue weighted by atomic mass is 9.74. The summed E-state index contributed by atoms with van der Waals surface area (Å²) in [4.78, 5) is 0. The molecule has 1 N–H and O–H groups in total. The molecular weight excluding hydrogens is 222 g/mol. The summed E-state index contributed by atoms with van der Waals surface area (Å²) in [5.74, 6) is 2.38. The molecule has 0 saturated carbocycles. The molecule has 0 aromatic heterocycles. The van der Waals surface area contributed by atoms with Crippen LogP contribution in [0.5, 0.6) is 5.75 Å². The SMILES string of the molecule is COc1cc2c3c(c1)C(C(C)C)NCC3CCC2. The Labute approximate surface area is 110 Å². The van der Waals surface area contributed by atoms with Gasteiger partial charge < -0.3 is 10.1 Å². The van der Waals surface area contributed by atoms with E-state index in [9.17, 15) is 0 Å². The third kappa shape index (κ3) is 1.83. The number of benzene rings is 1. The van der Waals surface area contributed by atoms with Gasteiger partial charge in [0.25, 0.3) is 0 Å². The molecule has 1 aromatic carbocycles. The molecule has 2 aliphatic rings. The highest BCUT2D eigenvalue weighted by molar-refractivity contribution is 5.48. The van der Waals surface area contributed by atoms with E-state index < -0.39 is 0 Å². The van der Waals surface area contributed by atoms with Gasteiger partial charge in [-0.1, -0.05) is 13.8 Å². The summed E-state index contributed by atoms with van der Waals surface area (Å²) in [6.45, 7) is 5.74. The predicted octanol–water partition coefficient (Wildman–Crippen LogP) is 3.42. The van der Waals surface area contributed by atoms with Crippen molar-refractivity contribution in [1.82, 2.24) is 5.32 Å². The van der Waals surface area contributed by atoms with Gasteiger partial charge in [-0.2, -0.15) is 0 Å². The summed E-state index contributed by atoms with van der Waals surface area (Å²) < 4.78 is 5.48. The standard InChI is InChI=1S/C16H23NO/c1-10(2)16-14-8-13(18-3)7-11-5-4-6-12(9-17-16)15(11)14/h7-8,10,12,16-17H,4-6,9H2,1-3H3. The Bertz CT molecular complexity index is 453. The van der Waals surface area contributed by atoms with Crippen molar-refractivity contribution in [2.75, 3.05) is 13.7 Å². The van der Waals surface area contributed by atoms with Gasteiger partial charge in [-0.05, 0) is 59.9 Å². The fraction of sp³-hybridized carbons (Fsp3) is 0.625. The second-order valence-electron chi connectivity index (χ2n) is 6.01. The molecule has 2 atom stereocenters. The zero-order chi connectivity index (χ0) is 12.7. The van der Waals surface area contributed by atoms with Gasteiger partial charge >= 0.3 is 0 Å². The number of methoxy groups -OCH3 is 1. The lowest BCUT2D eigenvalue weighted by Crippen LogP contribution is -2.37. The van der Waals surface area contributed by atoms with Gasteiger partial charge in [0.2, 0.25) is 0 Å². The van der Waals surface area contributed by atoms with Crippen molar-refractivity contribution in [2.45, 2.75) is 45.1 Å². The molecule has 1 heterocycles. The number of rotatable bonds is 2. The maximum absolute atomic E-state index is 5.48. The molecule has 0 bridgehead atoms. The molecular formula is C16H23NO. The third-order valence-electron chi connectivity index (χ3n) is 4.50. The van der Waals surface area contributed by atoms with Crippen LogP contribution in [-0.2, 0) is 6.42 Å². The first kappa shape index (κ1) is 12.0. The molecule has 0 fully saturated rings. The van der Waals surface area contributed by atoms with Crippen LogP contribution in [0.4, 0.5) is 0 Å². The van der Waals surface area contributed by atoms with E-state index >= 15 is 0 Å². The monoisotopic (exact) mass is 245 g/mol. The summed E-state index contributed by atoms with van der Waals surface area (Å²) in [7, 11) is 1.77. The van der Waals surface area contributed by atoms with Crippen molar-refractivity contribution < 1.29 is 4.74 Å². The number of ether oxygens (including phenoxy) is 1. The number of aryl methyl sites for hydroxylation is 1. The van der Waals surface area contributed by atoms with Crippen molar-refractivity contribution >= 4 is 0 Å². The van der Waals surface area contributed by atoms with Crippen molar-refractivity contribution in [3.8, 4) is 5.75 Å². The van der Waals surface area contributed by atoms with Gasteiger partial charge in [0.1, 0.15) is 5.75 Å². The van der Waals surface area contributed by atoms with E-state index in [2.05, 4.69) is 31.3 Å². The van der Waals surface area contributed by atoms with E-state index in [1.165, 1.54) is 30.4 Å². The number of hydrogen-bond acceptors (Lipinski definition) is 2. The smallest absolute Gasteiger partial charge is 0.119 e. The van der Waals surface area contributed by atoms with E-state index in [1.807, 2.05) is 0 Å². The molecule has 18 heavy (non-hydrogen) atoms. The zero-order valence-electron chi connectivity index (χ0n) is 11.6. The molecule has 0 amide bonds. The van der Waals surface area contributed by atoms with Crippen LogP contribution in [0.2, 0.25) is 0 Å². The normalized spacial score (nSPS) is 26.0. The Morgan fingerprint density at radius 3 is 2.89 bits per heavy atom.